The van der Waals surface area contributed by atoms with E-state index in [0.29, 0.717) is 29.1 Å². The molecule has 212 valence electrons. The maximum atomic E-state index is 13.8. The lowest BCUT2D eigenvalue weighted by Crippen LogP contribution is -2.36. The van der Waals surface area contributed by atoms with E-state index in [4.69, 9.17) is 14.2 Å². The van der Waals surface area contributed by atoms with Crippen LogP contribution in [0.15, 0.2) is 76.5 Å². The van der Waals surface area contributed by atoms with Crippen molar-refractivity contribution in [3.05, 3.63) is 103 Å². The third-order valence-corrected chi connectivity index (χ3v) is 8.38. The number of benzene rings is 2. The highest BCUT2D eigenvalue weighted by Gasteiger charge is 2.42. The van der Waals surface area contributed by atoms with Crippen LogP contribution in [-0.2, 0) is 20.9 Å². The molecule has 0 fully saturated rings. The average molecular weight is 577 g/mol. The quantitative estimate of drug-likeness (QED) is 0.203. The summed E-state index contributed by atoms with van der Waals surface area (Å²) in [5.41, 5.74) is 2.03. The Morgan fingerprint density at radius 2 is 1.90 bits per heavy atom. The molecule has 10 nitrogen and oxygen atoms in total. The van der Waals surface area contributed by atoms with Crippen LogP contribution in [0.3, 0.4) is 0 Å². The molecule has 2 atom stereocenters. The van der Waals surface area contributed by atoms with Gasteiger partial charge in [-0.1, -0.05) is 18.2 Å². The predicted octanol–water partition coefficient (Wildman–Crippen LogP) is 5.48. The van der Waals surface area contributed by atoms with Crippen LogP contribution >= 0.6 is 11.3 Å². The van der Waals surface area contributed by atoms with Crippen molar-refractivity contribution in [2.45, 2.75) is 38.2 Å². The molecule has 2 heterocycles. The minimum Gasteiger partial charge on any atom is -0.500 e. The number of methoxy groups -OCH3 is 2. The fourth-order valence-corrected chi connectivity index (χ4v) is 6.22. The molecule has 1 aliphatic carbocycles. The number of hydrogen-bond donors (Lipinski definition) is 2. The summed E-state index contributed by atoms with van der Waals surface area (Å²) in [6.07, 6.45) is 0.753. The molecule has 0 saturated heterocycles. The number of thiophene rings is 1. The molecule has 0 radical (unpaired) electrons. The fourth-order valence-electron chi connectivity index (χ4n) is 5.39. The lowest BCUT2D eigenvalue weighted by molar-refractivity contribution is -0.386. The molecule has 2 N–H and O–H groups in total. The highest BCUT2D eigenvalue weighted by Crippen LogP contribution is 2.49. The van der Waals surface area contributed by atoms with E-state index < -0.39 is 28.2 Å². The van der Waals surface area contributed by atoms with Crippen LogP contribution in [0.1, 0.15) is 47.6 Å². The van der Waals surface area contributed by atoms with Crippen molar-refractivity contribution >= 4 is 28.8 Å². The van der Waals surface area contributed by atoms with E-state index in [1.165, 1.54) is 19.2 Å². The lowest BCUT2D eigenvalue weighted by atomic mass is 9.72. The topological polar surface area (TPSA) is 137 Å². The van der Waals surface area contributed by atoms with E-state index in [1.807, 2.05) is 17.5 Å². The van der Waals surface area contributed by atoms with E-state index in [0.717, 1.165) is 10.4 Å². The number of ether oxygens (including phenoxy) is 3. The first kappa shape index (κ1) is 27.9. The molecule has 0 saturated carbocycles. The van der Waals surface area contributed by atoms with Crippen LogP contribution in [0.5, 0.6) is 17.2 Å². The summed E-state index contributed by atoms with van der Waals surface area (Å²) in [5.74, 6) is -1.97. The van der Waals surface area contributed by atoms with Crippen molar-refractivity contribution in [2.24, 2.45) is 0 Å². The summed E-state index contributed by atoms with van der Waals surface area (Å²) in [6.45, 7) is 1.68. The van der Waals surface area contributed by atoms with Gasteiger partial charge in [0.1, 0.15) is 12.4 Å². The Morgan fingerprint density at radius 3 is 2.54 bits per heavy atom. The summed E-state index contributed by atoms with van der Waals surface area (Å²) >= 11 is 1.58. The Balaban J connectivity index is 1.58. The fraction of sp³-hybridized carbons (Fsp3) is 0.267. The molecular formula is C30H28N2O8S. The van der Waals surface area contributed by atoms with E-state index in [9.17, 15) is 24.8 Å². The van der Waals surface area contributed by atoms with Crippen molar-refractivity contribution in [2.75, 3.05) is 14.2 Å². The molecule has 0 unspecified atom stereocenters. The van der Waals surface area contributed by atoms with Crippen LogP contribution in [0, 0.1) is 10.1 Å². The summed E-state index contributed by atoms with van der Waals surface area (Å²) in [5, 5.41) is 27.5. The van der Waals surface area contributed by atoms with Crippen molar-refractivity contribution in [3.8, 4) is 17.2 Å². The summed E-state index contributed by atoms with van der Waals surface area (Å²) < 4.78 is 16.1. The number of dihydropyridines is 1. The van der Waals surface area contributed by atoms with Gasteiger partial charge in [0.25, 0.3) is 0 Å². The molecule has 0 amide bonds. The monoisotopic (exact) mass is 576 g/mol. The molecule has 1 aromatic heterocycles. The Bertz CT molecular complexity index is 1570. The van der Waals surface area contributed by atoms with Gasteiger partial charge < -0.3 is 24.6 Å². The summed E-state index contributed by atoms with van der Waals surface area (Å²) in [4.78, 5) is 39.6. The Kier molecular flexibility index (Phi) is 7.80. The van der Waals surface area contributed by atoms with Crippen molar-refractivity contribution < 1.29 is 33.8 Å². The minimum atomic E-state index is -0.973. The number of hydrogen-bond acceptors (Lipinski definition) is 10. The number of carbonyl (C=O) groups is 2. The second kappa shape index (κ2) is 11.5. The van der Waals surface area contributed by atoms with E-state index in [2.05, 4.69) is 5.32 Å². The maximum Gasteiger partial charge on any atom is 0.337 e. The third-order valence-electron chi connectivity index (χ3n) is 7.35. The zero-order valence-electron chi connectivity index (χ0n) is 22.6. The van der Waals surface area contributed by atoms with Gasteiger partial charge in [-0.25, -0.2) is 4.79 Å². The van der Waals surface area contributed by atoms with Gasteiger partial charge in [-0.2, -0.15) is 0 Å². The van der Waals surface area contributed by atoms with Gasteiger partial charge in [-0.05, 0) is 54.1 Å². The number of nitro groups is 1. The van der Waals surface area contributed by atoms with E-state index >= 15 is 0 Å². The number of ketones is 1. The van der Waals surface area contributed by atoms with E-state index in [1.54, 1.807) is 49.6 Å². The van der Waals surface area contributed by atoms with Crippen LogP contribution in [0.25, 0.3) is 0 Å². The molecule has 2 aliphatic rings. The van der Waals surface area contributed by atoms with Crippen LogP contribution in [0.4, 0.5) is 5.69 Å². The smallest absolute Gasteiger partial charge is 0.337 e. The molecule has 0 bridgehead atoms. The maximum absolute atomic E-state index is 13.8. The summed E-state index contributed by atoms with van der Waals surface area (Å²) in [7, 11) is 2.83. The number of esters is 1. The first-order chi connectivity index (χ1) is 19.7. The number of carbonyl (C=O) groups excluding carboxylic acids is 2. The van der Waals surface area contributed by atoms with Gasteiger partial charge in [0.2, 0.25) is 5.75 Å². The van der Waals surface area contributed by atoms with Gasteiger partial charge in [-0.15, -0.1) is 11.3 Å². The molecule has 41 heavy (non-hydrogen) atoms. The molecule has 5 rings (SSSR count). The second-order valence-corrected chi connectivity index (χ2v) is 10.8. The van der Waals surface area contributed by atoms with Gasteiger partial charge in [0.05, 0.1) is 24.7 Å². The lowest BCUT2D eigenvalue weighted by Gasteiger charge is -2.36. The number of aromatic hydroxyl groups is 1. The van der Waals surface area contributed by atoms with Crippen LogP contribution in [0.2, 0.25) is 0 Å². The molecule has 0 spiro atoms. The second-order valence-electron chi connectivity index (χ2n) is 9.80. The Labute approximate surface area is 240 Å². The number of nitro benzene ring substituents is 1. The molecule has 3 aromatic rings. The highest BCUT2D eigenvalue weighted by molar-refractivity contribution is 7.10. The van der Waals surface area contributed by atoms with Gasteiger partial charge >= 0.3 is 11.7 Å². The zero-order chi connectivity index (χ0) is 29.3. The number of phenols is 1. The molecule has 2 aromatic carbocycles. The first-order valence-electron chi connectivity index (χ1n) is 12.8. The van der Waals surface area contributed by atoms with Crippen molar-refractivity contribution in [3.63, 3.8) is 0 Å². The van der Waals surface area contributed by atoms with E-state index in [-0.39, 0.29) is 41.6 Å². The Morgan fingerprint density at radius 1 is 1.15 bits per heavy atom. The van der Waals surface area contributed by atoms with Crippen molar-refractivity contribution in [1.29, 1.82) is 0 Å². The van der Waals surface area contributed by atoms with Gasteiger partial charge in [0, 0.05) is 46.2 Å². The highest BCUT2D eigenvalue weighted by atomic mass is 32.1. The van der Waals surface area contributed by atoms with Gasteiger partial charge in [-0.3, -0.25) is 14.9 Å². The average Bonchev–Trinajstić information content (AvgIpc) is 3.50. The largest absolute Gasteiger partial charge is 0.500 e. The third kappa shape index (κ3) is 5.40. The first-order valence-corrected chi connectivity index (χ1v) is 13.7. The normalized spacial score (nSPS) is 18.5. The standard InChI is InChI=1S/C30H28N2O8S/c1-16-26(30(35)40-15-17-6-8-20(38-2)9-7-17)27(19-12-22(32(36)37)29(34)24(14-19)39-3)28-21(31-16)11-18(13-23(28)33)25-5-4-10-41-25/h4-10,12,14,18,27,31,34H,11,13,15H2,1-3H3/t18-,27+/m1/s1. The minimum absolute atomic E-state index is 0.0329. The zero-order valence-corrected chi connectivity index (χ0v) is 23.4. The van der Waals surface area contributed by atoms with Gasteiger partial charge in [0.15, 0.2) is 11.5 Å². The van der Waals surface area contributed by atoms with Crippen molar-refractivity contribution in [1.82, 2.24) is 5.32 Å². The number of allylic oxidation sites excluding steroid dienone is 3. The van der Waals surface area contributed by atoms with Crippen LogP contribution in [-0.4, -0.2) is 36.0 Å². The summed E-state index contributed by atoms with van der Waals surface area (Å²) in [6, 6.07) is 13.6. The number of nitrogens with one attached hydrogen (secondary N) is 1. The number of phenolic OH excluding ortho intramolecular Hbond substituents is 1. The number of nitrogens with zero attached hydrogens (tertiary/aromatic N) is 1. The Hall–Kier alpha value is -4.64. The number of Topliss-reactive ketones (excluding diaryl/α,β-unsaturated/α-hetero) is 1. The molecular weight excluding hydrogens is 548 g/mol. The predicted molar refractivity (Wildman–Crippen MR) is 151 cm³/mol. The molecule has 1 aliphatic heterocycles. The van der Waals surface area contributed by atoms with Crippen LogP contribution < -0.4 is 14.8 Å². The SMILES string of the molecule is COc1ccc(COC(=O)C2=C(C)NC3=C(C(=O)C[C@H](c4cccs4)C3)[C@H]2c2cc(OC)c(O)c([N+](=O)[O-])c2)cc1. The number of rotatable bonds is 8. The molecule has 11 heteroatoms.